The molecule has 10 heteroatoms. The second-order valence-electron chi connectivity index (χ2n) is 6.50. The molecule has 1 aliphatic heterocycles. The van der Waals surface area contributed by atoms with Gasteiger partial charge in [0, 0.05) is 25.0 Å². The summed E-state index contributed by atoms with van der Waals surface area (Å²) in [5.41, 5.74) is -0.261. The number of hydrogen-bond donors (Lipinski definition) is 0. The molecule has 3 aromatic rings. The van der Waals surface area contributed by atoms with Gasteiger partial charge in [-0.15, -0.1) is 0 Å². The van der Waals surface area contributed by atoms with Crippen LogP contribution in [0.3, 0.4) is 0 Å². The molecular weight excluding hydrogens is 402 g/mol. The van der Waals surface area contributed by atoms with Crippen LogP contribution in [0.1, 0.15) is 11.4 Å². The van der Waals surface area contributed by atoms with E-state index in [9.17, 15) is 22.0 Å². The zero-order valence-corrected chi connectivity index (χ0v) is 16.1. The molecule has 0 aliphatic carbocycles. The highest BCUT2D eigenvalue weighted by molar-refractivity contribution is 7.90. The normalized spacial score (nSPS) is 15.5. The van der Waals surface area contributed by atoms with Gasteiger partial charge in [0.25, 0.3) is 10.0 Å². The Morgan fingerprint density at radius 2 is 1.69 bits per heavy atom. The monoisotopic (exact) mass is 418 g/mol. The van der Waals surface area contributed by atoms with Crippen LogP contribution in [0, 0.1) is 11.6 Å². The number of benzene rings is 2. The zero-order chi connectivity index (χ0) is 20.8. The summed E-state index contributed by atoms with van der Waals surface area (Å²) in [6.45, 7) is -0.768. The molecule has 0 fully saturated rings. The highest BCUT2D eigenvalue weighted by Crippen LogP contribution is 2.36. The number of sulfonamides is 1. The largest absolute Gasteiger partial charge is 0.339 e. The molecule has 150 valence electrons. The molecule has 2 amide bonds. The molecule has 0 spiro atoms. The van der Waals surface area contributed by atoms with Crippen molar-refractivity contribution in [3.05, 3.63) is 77.9 Å². The highest BCUT2D eigenvalue weighted by Gasteiger charge is 2.42. The predicted molar refractivity (Wildman–Crippen MR) is 100 cm³/mol. The first-order chi connectivity index (χ1) is 13.8. The summed E-state index contributed by atoms with van der Waals surface area (Å²) in [5.74, 6) is -1.29. The first-order valence-electron chi connectivity index (χ1n) is 8.63. The van der Waals surface area contributed by atoms with E-state index < -0.39 is 34.2 Å². The molecular formula is C19H16F2N4O3S. The molecule has 1 aliphatic rings. The van der Waals surface area contributed by atoms with Crippen LogP contribution in [0.4, 0.5) is 19.3 Å². The lowest BCUT2D eigenvalue weighted by atomic mass is 10.1. The number of amides is 2. The fraction of sp³-hybridized carbons (Fsp3) is 0.158. The van der Waals surface area contributed by atoms with Crippen molar-refractivity contribution in [2.45, 2.75) is 18.0 Å². The number of aromatic nitrogens is 2. The van der Waals surface area contributed by atoms with E-state index in [1.807, 2.05) is 0 Å². The van der Waals surface area contributed by atoms with Gasteiger partial charge in [-0.1, -0.05) is 18.2 Å². The number of hydrogen-bond acceptors (Lipinski definition) is 4. The van der Waals surface area contributed by atoms with Gasteiger partial charge in [-0.3, -0.25) is 4.90 Å². The van der Waals surface area contributed by atoms with Crippen LogP contribution in [0.5, 0.6) is 0 Å². The third-order valence-electron chi connectivity index (χ3n) is 4.75. The minimum absolute atomic E-state index is 0.0660. The fourth-order valence-electron chi connectivity index (χ4n) is 3.18. The van der Waals surface area contributed by atoms with E-state index in [1.165, 1.54) is 30.5 Å². The SMILES string of the molecule is Cn1ccnc1CN1C(=O)N(Cc2c(F)cccc2F)c2ccccc2S1(=O)=O. The molecule has 4 rings (SSSR count). The minimum Gasteiger partial charge on any atom is -0.336 e. The predicted octanol–water partition coefficient (Wildman–Crippen LogP) is 3.03. The van der Waals surface area contributed by atoms with Crippen molar-refractivity contribution in [3.8, 4) is 0 Å². The number of rotatable bonds is 4. The summed E-state index contributed by atoms with van der Waals surface area (Å²) in [6.07, 6.45) is 3.10. The molecule has 2 heterocycles. The maximum atomic E-state index is 14.2. The lowest BCUT2D eigenvalue weighted by Gasteiger charge is -2.36. The molecule has 1 aromatic heterocycles. The van der Waals surface area contributed by atoms with Crippen LogP contribution < -0.4 is 4.90 Å². The Balaban J connectivity index is 1.83. The van der Waals surface area contributed by atoms with Gasteiger partial charge in [0.1, 0.15) is 22.4 Å². The number of urea groups is 1. The Hall–Kier alpha value is -3.27. The number of anilines is 1. The third-order valence-corrected chi connectivity index (χ3v) is 6.52. The first-order valence-corrected chi connectivity index (χ1v) is 10.1. The topological polar surface area (TPSA) is 75.5 Å². The van der Waals surface area contributed by atoms with Crippen molar-refractivity contribution in [3.63, 3.8) is 0 Å². The van der Waals surface area contributed by atoms with Gasteiger partial charge in [0.2, 0.25) is 0 Å². The van der Waals surface area contributed by atoms with E-state index in [1.54, 1.807) is 23.9 Å². The van der Waals surface area contributed by atoms with E-state index >= 15 is 0 Å². The smallest absolute Gasteiger partial charge is 0.336 e. The zero-order valence-electron chi connectivity index (χ0n) is 15.3. The fourth-order valence-corrected chi connectivity index (χ4v) is 4.70. The van der Waals surface area contributed by atoms with Gasteiger partial charge >= 0.3 is 6.03 Å². The number of carbonyl (C=O) groups is 1. The van der Waals surface area contributed by atoms with E-state index in [0.29, 0.717) is 10.1 Å². The number of halogens is 2. The second kappa shape index (κ2) is 6.96. The van der Waals surface area contributed by atoms with Crippen molar-refractivity contribution in [1.82, 2.24) is 13.9 Å². The summed E-state index contributed by atoms with van der Waals surface area (Å²) in [6, 6.07) is 8.34. The summed E-state index contributed by atoms with van der Waals surface area (Å²) in [7, 11) is -2.50. The Labute approximate surface area is 165 Å². The van der Waals surface area contributed by atoms with Gasteiger partial charge in [-0.25, -0.2) is 31.3 Å². The minimum atomic E-state index is -4.17. The van der Waals surface area contributed by atoms with E-state index in [0.717, 1.165) is 17.0 Å². The summed E-state index contributed by atoms with van der Waals surface area (Å²) in [4.78, 5) is 18.2. The van der Waals surface area contributed by atoms with E-state index in [2.05, 4.69) is 4.98 Å². The number of nitrogens with zero attached hydrogens (tertiary/aromatic N) is 4. The molecule has 0 saturated heterocycles. The van der Waals surface area contributed by atoms with E-state index in [4.69, 9.17) is 0 Å². The van der Waals surface area contributed by atoms with Crippen molar-refractivity contribution in [2.75, 3.05) is 4.90 Å². The molecule has 0 N–H and O–H groups in total. The number of carbonyl (C=O) groups excluding carboxylic acids is 1. The van der Waals surface area contributed by atoms with Gasteiger partial charge in [0.05, 0.1) is 18.8 Å². The van der Waals surface area contributed by atoms with Gasteiger partial charge in [0.15, 0.2) is 0 Å². The maximum Gasteiger partial charge on any atom is 0.339 e. The highest BCUT2D eigenvalue weighted by atomic mass is 32.2. The Kier molecular flexibility index (Phi) is 4.58. The molecule has 0 bridgehead atoms. The van der Waals surface area contributed by atoms with Crippen molar-refractivity contribution >= 4 is 21.7 Å². The van der Waals surface area contributed by atoms with Crippen LogP contribution in [0.15, 0.2) is 59.8 Å². The van der Waals surface area contributed by atoms with Crippen molar-refractivity contribution in [1.29, 1.82) is 0 Å². The maximum absolute atomic E-state index is 14.2. The van der Waals surface area contributed by atoms with E-state index in [-0.39, 0.29) is 22.7 Å². The van der Waals surface area contributed by atoms with Gasteiger partial charge in [-0.2, -0.15) is 0 Å². The Morgan fingerprint density at radius 1 is 1.00 bits per heavy atom. The van der Waals surface area contributed by atoms with Gasteiger partial charge in [-0.05, 0) is 24.3 Å². The lowest BCUT2D eigenvalue weighted by Crippen LogP contribution is -2.50. The number of para-hydroxylation sites is 1. The standard InChI is InChI=1S/C19H16F2N4O3S/c1-23-10-9-22-18(23)12-25-19(26)24(11-13-14(20)5-4-6-15(13)21)16-7-2-3-8-17(16)29(25,27)28/h2-10H,11-12H2,1H3. The molecule has 0 saturated carbocycles. The third kappa shape index (κ3) is 3.15. The molecule has 0 radical (unpaired) electrons. The number of imidazole rings is 1. The average molecular weight is 418 g/mol. The molecule has 0 unspecified atom stereocenters. The van der Waals surface area contributed by atoms with Crippen LogP contribution in [0.25, 0.3) is 0 Å². The molecule has 29 heavy (non-hydrogen) atoms. The number of fused-ring (bicyclic) bond motifs is 1. The molecule has 0 atom stereocenters. The first kappa shape index (κ1) is 19.1. The molecule has 7 nitrogen and oxygen atoms in total. The second-order valence-corrected chi connectivity index (χ2v) is 8.33. The van der Waals surface area contributed by atoms with Crippen LogP contribution in [-0.4, -0.2) is 28.3 Å². The summed E-state index contributed by atoms with van der Waals surface area (Å²) < 4.78 is 56.8. The quantitative estimate of drug-likeness (QED) is 0.653. The van der Waals surface area contributed by atoms with Gasteiger partial charge < -0.3 is 4.57 Å². The van der Waals surface area contributed by atoms with Crippen molar-refractivity contribution < 1.29 is 22.0 Å². The Morgan fingerprint density at radius 3 is 2.34 bits per heavy atom. The molecule has 2 aromatic carbocycles. The Bertz CT molecular complexity index is 1190. The van der Waals surface area contributed by atoms with Crippen LogP contribution in [-0.2, 0) is 30.2 Å². The van der Waals surface area contributed by atoms with Crippen molar-refractivity contribution in [2.24, 2.45) is 7.05 Å². The summed E-state index contributed by atoms with van der Waals surface area (Å²) in [5, 5.41) is 0. The summed E-state index contributed by atoms with van der Waals surface area (Å²) >= 11 is 0. The number of aryl methyl sites for hydroxylation is 1. The average Bonchev–Trinajstić information content (AvgIpc) is 3.09. The van der Waals surface area contributed by atoms with Crippen LogP contribution in [0.2, 0.25) is 0 Å². The lowest BCUT2D eigenvalue weighted by molar-refractivity contribution is 0.225. The van der Waals surface area contributed by atoms with Crippen LogP contribution >= 0.6 is 0 Å².